The summed E-state index contributed by atoms with van der Waals surface area (Å²) in [6.07, 6.45) is -0.00250. The highest BCUT2D eigenvalue weighted by atomic mass is 16.7. The minimum absolute atomic E-state index is 0.0459. The molecule has 13 heteroatoms. The molecular formula is C44H47N5O8. The van der Waals surface area contributed by atoms with E-state index in [2.05, 4.69) is 32.6 Å². The molecular weight excluding hydrogens is 727 g/mol. The number of nitrogens with zero attached hydrogens (tertiary/aromatic N) is 3. The minimum Gasteiger partial charge on any atom is -0.445 e. The molecule has 4 saturated heterocycles. The molecule has 4 atom stereocenters. The summed E-state index contributed by atoms with van der Waals surface area (Å²) in [5.74, 6) is -0.779. The number of aliphatic hydroxyl groups excluding tert-OH is 1. The molecule has 1 unspecified atom stereocenters. The molecule has 4 aromatic carbocycles. The second-order valence-electron chi connectivity index (χ2n) is 15.1. The summed E-state index contributed by atoms with van der Waals surface area (Å²) in [6, 6.07) is 33.5. The molecule has 4 heterocycles. The Morgan fingerprint density at radius 3 is 2.19 bits per heavy atom. The fourth-order valence-corrected chi connectivity index (χ4v) is 8.29. The predicted molar refractivity (Wildman–Crippen MR) is 209 cm³/mol. The lowest BCUT2D eigenvalue weighted by Gasteiger charge is -2.45. The van der Waals surface area contributed by atoms with Gasteiger partial charge in [0.1, 0.15) is 18.2 Å². The first-order valence-corrected chi connectivity index (χ1v) is 19.5. The average molecular weight is 774 g/mol. The van der Waals surface area contributed by atoms with Crippen LogP contribution in [0, 0.1) is 0 Å². The zero-order valence-electron chi connectivity index (χ0n) is 31.6. The molecule has 4 amide bonds. The van der Waals surface area contributed by atoms with Gasteiger partial charge in [0.15, 0.2) is 6.29 Å². The Bertz CT molecular complexity index is 2040. The summed E-state index contributed by atoms with van der Waals surface area (Å²) in [5, 5.41) is 15.2. The number of rotatable bonds is 11. The van der Waals surface area contributed by atoms with Crippen molar-refractivity contribution in [2.45, 2.75) is 75.5 Å². The van der Waals surface area contributed by atoms with Crippen LogP contribution in [0.3, 0.4) is 0 Å². The van der Waals surface area contributed by atoms with Gasteiger partial charge in [0.05, 0.1) is 38.4 Å². The van der Waals surface area contributed by atoms with E-state index in [4.69, 9.17) is 14.2 Å². The number of anilines is 1. The Hall–Kier alpha value is -5.60. The third-order valence-corrected chi connectivity index (χ3v) is 11.5. The first-order valence-electron chi connectivity index (χ1n) is 19.5. The highest BCUT2D eigenvalue weighted by Crippen LogP contribution is 2.40. The third kappa shape index (κ3) is 8.42. The van der Waals surface area contributed by atoms with Crippen LogP contribution in [0.4, 0.5) is 10.5 Å². The van der Waals surface area contributed by atoms with Crippen molar-refractivity contribution in [3.63, 3.8) is 0 Å². The van der Waals surface area contributed by atoms with Gasteiger partial charge in [-0.05, 0) is 47.2 Å². The van der Waals surface area contributed by atoms with E-state index in [0.29, 0.717) is 32.5 Å². The molecule has 4 aliphatic heterocycles. The van der Waals surface area contributed by atoms with Crippen LogP contribution < -0.4 is 15.5 Å². The van der Waals surface area contributed by atoms with Crippen molar-refractivity contribution in [1.82, 2.24) is 20.4 Å². The number of imide groups is 1. The average Bonchev–Trinajstić information content (AvgIpc) is 3.70. The minimum atomic E-state index is -0.993. The van der Waals surface area contributed by atoms with Crippen LogP contribution >= 0.6 is 0 Å². The second kappa shape index (κ2) is 16.9. The molecule has 8 rings (SSSR count). The summed E-state index contributed by atoms with van der Waals surface area (Å²) in [5.41, 5.74) is 4.60. The number of carbonyl (C=O) groups is 4. The van der Waals surface area contributed by atoms with Gasteiger partial charge in [0.25, 0.3) is 5.91 Å². The van der Waals surface area contributed by atoms with Crippen molar-refractivity contribution in [2.75, 3.05) is 31.2 Å². The monoisotopic (exact) mass is 773 g/mol. The van der Waals surface area contributed by atoms with Crippen molar-refractivity contribution in [3.8, 4) is 0 Å². The van der Waals surface area contributed by atoms with Crippen molar-refractivity contribution >= 4 is 29.5 Å². The third-order valence-electron chi connectivity index (χ3n) is 11.5. The highest BCUT2D eigenvalue weighted by molar-refractivity contribution is 6.06. The Morgan fingerprint density at radius 1 is 0.825 bits per heavy atom. The van der Waals surface area contributed by atoms with Crippen molar-refractivity contribution < 1.29 is 38.5 Å². The molecule has 13 nitrogen and oxygen atoms in total. The van der Waals surface area contributed by atoms with E-state index in [1.165, 1.54) is 0 Å². The predicted octanol–water partition coefficient (Wildman–Crippen LogP) is 4.71. The number of carbonyl (C=O) groups excluding carboxylic acids is 4. The maximum atomic E-state index is 13.3. The molecule has 0 aliphatic carbocycles. The molecule has 0 radical (unpaired) electrons. The van der Waals surface area contributed by atoms with E-state index in [1.807, 2.05) is 97.1 Å². The van der Waals surface area contributed by atoms with Gasteiger partial charge < -0.3 is 39.8 Å². The lowest BCUT2D eigenvalue weighted by molar-refractivity contribution is -0.253. The van der Waals surface area contributed by atoms with Crippen LogP contribution in [0.25, 0.3) is 0 Å². The standard InChI is InChI=1S/C44H47N5O8/c50-27-31-13-15-33(16-14-31)38-23-36(26-47-21-19-44(20-22-47)42(53)45-29-49(44)35-9-5-2-6-10-35)56-41(57-38)34-17-11-30(12-18-34)25-48-39(51)24-37(40(48)52)46-43(54)55-28-32-7-3-1-4-8-32/h1-18,36-38,41,50H,19-29H2,(H,45,53)(H,46,54)/t36-,37?,38+,41+/m1/s1. The fraction of sp³-hybridized carbons (Fsp3) is 0.364. The fourth-order valence-electron chi connectivity index (χ4n) is 8.29. The highest BCUT2D eigenvalue weighted by Gasteiger charge is 2.50. The maximum Gasteiger partial charge on any atom is 0.408 e. The number of aliphatic hydroxyl groups is 1. The van der Waals surface area contributed by atoms with Gasteiger partial charge in [-0.2, -0.15) is 0 Å². The summed E-state index contributed by atoms with van der Waals surface area (Å²) in [6.45, 7) is 2.71. The zero-order chi connectivity index (χ0) is 39.4. The van der Waals surface area contributed by atoms with Crippen LogP contribution in [0.2, 0.25) is 0 Å². The number of nitrogens with one attached hydrogen (secondary N) is 2. The van der Waals surface area contributed by atoms with Crippen molar-refractivity contribution in [1.29, 1.82) is 0 Å². The van der Waals surface area contributed by atoms with Crippen molar-refractivity contribution in [2.24, 2.45) is 0 Å². The van der Waals surface area contributed by atoms with Crippen LogP contribution in [-0.4, -0.2) is 82.7 Å². The van der Waals surface area contributed by atoms with E-state index >= 15 is 0 Å². The Morgan fingerprint density at radius 2 is 1.49 bits per heavy atom. The SMILES string of the molecule is O=C(NC1CC(=O)N(Cc2ccc([C@H]3O[C@@H](CN4CCC5(CC4)C(=O)NCN5c4ccccc4)C[C@@H](c4ccc(CO)cc4)O3)cc2)C1=O)OCc1ccccc1. The molecule has 0 aromatic heterocycles. The van der Waals surface area contributed by atoms with E-state index < -0.39 is 29.9 Å². The molecule has 3 N–H and O–H groups in total. The second-order valence-corrected chi connectivity index (χ2v) is 15.1. The molecule has 296 valence electrons. The van der Waals surface area contributed by atoms with Crippen LogP contribution in [0.1, 0.15) is 65.9 Å². The normalized spacial score (nSPS) is 23.5. The van der Waals surface area contributed by atoms with Gasteiger partial charge in [-0.15, -0.1) is 0 Å². The van der Waals surface area contributed by atoms with Gasteiger partial charge in [0.2, 0.25) is 11.8 Å². The zero-order valence-corrected chi connectivity index (χ0v) is 31.6. The summed E-state index contributed by atoms with van der Waals surface area (Å²) < 4.78 is 18.5. The van der Waals surface area contributed by atoms with Gasteiger partial charge in [-0.3, -0.25) is 19.3 Å². The van der Waals surface area contributed by atoms with Gasteiger partial charge in [-0.1, -0.05) is 97.1 Å². The molecule has 4 fully saturated rings. The summed E-state index contributed by atoms with van der Waals surface area (Å²) >= 11 is 0. The number of likely N-dealkylation sites (tertiary alicyclic amines) is 2. The smallest absolute Gasteiger partial charge is 0.408 e. The summed E-state index contributed by atoms with van der Waals surface area (Å²) in [4.78, 5) is 57.5. The number of ether oxygens (including phenoxy) is 3. The maximum absolute atomic E-state index is 13.3. The molecule has 4 aliphatic rings. The van der Waals surface area contributed by atoms with E-state index in [1.54, 1.807) is 0 Å². The van der Waals surface area contributed by atoms with Crippen LogP contribution in [0.5, 0.6) is 0 Å². The molecule has 1 spiro atoms. The molecule has 4 aromatic rings. The van der Waals surface area contributed by atoms with Gasteiger partial charge in [0, 0.05) is 37.3 Å². The Balaban J connectivity index is 0.909. The van der Waals surface area contributed by atoms with Crippen molar-refractivity contribution in [3.05, 3.63) is 137 Å². The van der Waals surface area contributed by atoms with E-state index in [0.717, 1.165) is 51.5 Å². The van der Waals surface area contributed by atoms with Gasteiger partial charge >= 0.3 is 6.09 Å². The van der Waals surface area contributed by atoms with Crippen LogP contribution in [-0.2, 0) is 48.4 Å². The summed E-state index contributed by atoms with van der Waals surface area (Å²) in [7, 11) is 0. The first-order chi connectivity index (χ1) is 27.8. The lowest BCUT2D eigenvalue weighted by atomic mass is 9.85. The number of hydrogen-bond donors (Lipinski definition) is 3. The number of amides is 4. The van der Waals surface area contributed by atoms with E-state index in [-0.39, 0.29) is 50.2 Å². The largest absolute Gasteiger partial charge is 0.445 e. The number of alkyl carbamates (subject to hydrolysis) is 1. The number of hydrogen-bond acceptors (Lipinski definition) is 10. The quantitative estimate of drug-likeness (QED) is 0.183. The van der Waals surface area contributed by atoms with E-state index in [9.17, 15) is 24.3 Å². The number of para-hydroxylation sites is 1. The number of piperidine rings is 1. The Kier molecular flexibility index (Phi) is 11.3. The topological polar surface area (TPSA) is 150 Å². The Labute approximate surface area is 331 Å². The molecule has 0 bridgehead atoms. The lowest BCUT2D eigenvalue weighted by Crippen LogP contribution is -2.57. The van der Waals surface area contributed by atoms with Crippen LogP contribution in [0.15, 0.2) is 109 Å². The molecule has 57 heavy (non-hydrogen) atoms. The molecule has 0 saturated carbocycles. The first kappa shape index (κ1) is 38.3. The van der Waals surface area contributed by atoms with Gasteiger partial charge in [-0.25, -0.2) is 4.79 Å². The number of benzene rings is 4.